The van der Waals surface area contributed by atoms with Gasteiger partial charge in [-0.25, -0.2) is 4.98 Å². The van der Waals surface area contributed by atoms with Crippen LogP contribution in [0.2, 0.25) is 0 Å². The highest BCUT2D eigenvalue weighted by atomic mass is 16.1. The summed E-state index contributed by atoms with van der Waals surface area (Å²) in [4.78, 5) is 18.4. The van der Waals surface area contributed by atoms with Crippen LogP contribution < -0.4 is 10.7 Å². The monoisotopic (exact) mass is 146 g/mol. The maximum absolute atomic E-state index is 10.3. The Hall–Kier alpha value is -1.51. The molecule has 0 aliphatic carbocycles. The molecule has 3 heteroatoms. The normalized spacial score (nSPS) is 19.8. The van der Waals surface area contributed by atoms with Gasteiger partial charge in [0.15, 0.2) is 5.49 Å². The highest BCUT2D eigenvalue weighted by Crippen LogP contribution is 1.89. The molecule has 54 valence electrons. The van der Waals surface area contributed by atoms with Gasteiger partial charge < -0.3 is 4.79 Å². The Morgan fingerprint density at radius 3 is 3.18 bits per heavy atom. The van der Waals surface area contributed by atoms with Crippen molar-refractivity contribution in [1.82, 2.24) is 4.98 Å². The van der Waals surface area contributed by atoms with E-state index in [1.165, 1.54) is 0 Å². The van der Waals surface area contributed by atoms with Gasteiger partial charge in [-0.3, -0.25) is 4.99 Å². The highest BCUT2D eigenvalue weighted by molar-refractivity contribution is 5.69. The second-order valence-corrected chi connectivity index (χ2v) is 2.34. The van der Waals surface area contributed by atoms with Crippen molar-refractivity contribution in [2.45, 2.75) is 6.04 Å². The van der Waals surface area contributed by atoms with Gasteiger partial charge in [-0.15, -0.1) is 0 Å². The van der Waals surface area contributed by atoms with E-state index >= 15 is 0 Å². The molecule has 0 amide bonds. The van der Waals surface area contributed by atoms with Crippen LogP contribution in [0, 0.1) is 0 Å². The summed E-state index contributed by atoms with van der Waals surface area (Å²) in [6, 6.07) is 3.41. The number of carbonyl (C=O) groups excluding carboxylic acids is 1. The van der Waals surface area contributed by atoms with Crippen molar-refractivity contribution in [3.63, 3.8) is 0 Å². The summed E-state index contributed by atoms with van der Waals surface area (Å²) in [7, 11) is 0. The molecule has 1 aromatic heterocycles. The van der Waals surface area contributed by atoms with Gasteiger partial charge in [0, 0.05) is 11.4 Å². The summed E-state index contributed by atoms with van der Waals surface area (Å²) in [6.07, 6.45) is 4.28. The van der Waals surface area contributed by atoms with Crippen molar-refractivity contribution in [3.8, 4) is 0 Å². The number of fused-ring (bicyclic) bond motifs is 1. The fourth-order valence-corrected chi connectivity index (χ4v) is 1.08. The largest absolute Gasteiger partial charge is 0.301 e. The highest BCUT2D eigenvalue weighted by Gasteiger charge is 2.05. The van der Waals surface area contributed by atoms with Gasteiger partial charge >= 0.3 is 0 Å². The van der Waals surface area contributed by atoms with E-state index in [9.17, 15) is 4.79 Å². The lowest BCUT2D eigenvalue weighted by Gasteiger charge is -1.84. The first-order valence-corrected chi connectivity index (χ1v) is 3.36. The molecule has 0 spiro atoms. The van der Waals surface area contributed by atoms with Crippen LogP contribution >= 0.6 is 0 Å². The zero-order chi connectivity index (χ0) is 7.68. The Morgan fingerprint density at radius 2 is 2.45 bits per heavy atom. The molecule has 0 unspecified atom stereocenters. The smallest absolute Gasteiger partial charge is 0.155 e. The summed E-state index contributed by atoms with van der Waals surface area (Å²) in [5.41, 5.74) is 0.671. The fraction of sp³-hybridized carbons (Fsp3) is 0.125. The van der Waals surface area contributed by atoms with Crippen LogP contribution in [0.3, 0.4) is 0 Å². The molecule has 0 fully saturated rings. The van der Waals surface area contributed by atoms with Gasteiger partial charge in [0.1, 0.15) is 12.3 Å². The van der Waals surface area contributed by atoms with E-state index in [0.29, 0.717) is 5.49 Å². The minimum absolute atomic E-state index is 0.320. The SMILES string of the molecule is O=C[C@@H]1C=c2cccnc2=N1. The second kappa shape index (κ2) is 2.27. The van der Waals surface area contributed by atoms with Crippen molar-refractivity contribution in [2.75, 3.05) is 0 Å². The molecular weight excluding hydrogens is 140 g/mol. The standard InChI is InChI=1S/C8H6N2O/c11-5-7-4-6-2-1-3-9-8(6)10-7/h1-5,7H/t7-/m0/s1. The third-order valence-corrected chi connectivity index (χ3v) is 1.58. The zero-order valence-electron chi connectivity index (χ0n) is 5.77. The Kier molecular flexibility index (Phi) is 1.28. The van der Waals surface area contributed by atoms with E-state index in [4.69, 9.17) is 0 Å². The van der Waals surface area contributed by atoms with E-state index in [1.807, 2.05) is 12.1 Å². The maximum atomic E-state index is 10.3. The molecule has 1 atom stereocenters. The van der Waals surface area contributed by atoms with Crippen LogP contribution in [0.15, 0.2) is 23.3 Å². The van der Waals surface area contributed by atoms with Crippen LogP contribution in [-0.2, 0) is 4.79 Å². The predicted octanol–water partition coefficient (Wildman–Crippen LogP) is -0.937. The van der Waals surface area contributed by atoms with E-state index in [1.54, 1.807) is 12.3 Å². The van der Waals surface area contributed by atoms with E-state index in [2.05, 4.69) is 9.98 Å². The van der Waals surface area contributed by atoms with Crippen LogP contribution in [0.4, 0.5) is 0 Å². The lowest BCUT2D eigenvalue weighted by Crippen LogP contribution is -2.23. The molecule has 2 heterocycles. The molecule has 1 aliphatic heterocycles. The Labute approximate surface area is 63.1 Å². The average molecular weight is 146 g/mol. The van der Waals surface area contributed by atoms with Gasteiger partial charge in [0.25, 0.3) is 0 Å². The number of pyridine rings is 1. The van der Waals surface area contributed by atoms with Crippen molar-refractivity contribution in [3.05, 3.63) is 29.0 Å². The lowest BCUT2D eigenvalue weighted by molar-refractivity contribution is -0.107. The van der Waals surface area contributed by atoms with Crippen molar-refractivity contribution in [1.29, 1.82) is 0 Å². The number of aldehydes is 1. The molecule has 1 aliphatic rings. The van der Waals surface area contributed by atoms with Crippen LogP contribution in [-0.4, -0.2) is 17.3 Å². The second-order valence-electron chi connectivity index (χ2n) is 2.34. The molecule has 0 bridgehead atoms. The Balaban J connectivity index is 2.70. The van der Waals surface area contributed by atoms with Crippen molar-refractivity contribution < 1.29 is 4.79 Å². The summed E-state index contributed by atoms with van der Waals surface area (Å²) >= 11 is 0. The topological polar surface area (TPSA) is 42.3 Å². The lowest BCUT2D eigenvalue weighted by atomic mass is 10.3. The van der Waals surface area contributed by atoms with Gasteiger partial charge in [-0.05, 0) is 18.2 Å². The Morgan fingerprint density at radius 1 is 1.55 bits per heavy atom. The molecule has 11 heavy (non-hydrogen) atoms. The van der Waals surface area contributed by atoms with E-state index < -0.39 is 0 Å². The third-order valence-electron chi connectivity index (χ3n) is 1.58. The molecule has 0 saturated heterocycles. The van der Waals surface area contributed by atoms with Crippen molar-refractivity contribution >= 4 is 12.4 Å². The Bertz CT molecular complexity index is 362. The zero-order valence-corrected chi connectivity index (χ0v) is 5.77. The molecule has 0 N–H and O–H groups in total. The van der Waals surface area contributed by atoms with Gasteiger partial charge in [-0.1, -0.05) is 0 Å². The maximum Gasteiger partial charge on any atom is 0.155 e. The molecule has 1 aromatic rings. The van der Waals surface area contributed by atoms with Gasteiger partial charge in [-0.2, -0.15) is 0 Å². The molecular formula is C8H6N2O. The third kappa shape index (κ3) is 0.941. The first-order valence-electron chi connectivity index (χ1n) is 3.36. The number of carbonyl (C=O) groups is 1. The first kappa shape index (κ1) is 6.22. The van der Waals surface area contributed by atoms with Crippen LogP contribution in [0.1, 0.15) is 0 Å². The van der Waals surface area contributed by atoms with Crippen LogP contribution in [0.25, 0.3) is 6.08 Å². The number of rotatable bonds is 1. The number of nitrogens with zero attached hydrogens (tertiary/aromatic N) is 2. The summed E-state index contributed by atoms with van der Waals surface area (Å²) in [6.45, 7) is 0. The quantitative estimate of drug-likeness (QED) is 0.480. The van der Waals surface area contributed by atoms with E-state index in [-0.39, 0.29) is 6.04 Å². The predicted molar refractivity (Wildman–Crippen MR) is 39.3 cm³/mol. The number of hydrogen-bond acceptors (Lipinski definition) is 3. The molecule has 3 nitrogen and oxygen atoms in total. The van der Waals surface area contributed by atoms with Gasteiger partial charge in [0.2, 0.25) is 0 Å². The molecule has 0 saturated carbocycles. The van der Waals surface area contributed by atoms with Gasteiger partial charge in [0.05, 0.1) is 0 Å². The fourth-order valence-electron chi connectivity index (χ4n) is 1.08. The number of hydrogen-bond donors (Lipinski definition) is 0. The number of aromatic nitrogens is 1. The summed E-state index contributed by atoms with van der Waals surface area (Å²) in [5.74, 6) is 0. The van der Waals surface area contributed by atoms with Crippen molar-refractivity contribution in [2.24, 2.45) is 4.99 Å². The first-order chi connectivity index (χ1) is 5.40. The summed E-state index contributed by atoms with van der Waals surface area (Å²) < 4.78 is 0. The minimum atomic E-state index is -0.320. The van der Waals surface area contributed by atoms with Crippen LogP contribution in [0.5, 0.6) is 0 Å². The molecule has 0 aromatic carbocycles. The average Bonchev–Trinajstić information content (AvgIpc) is 2.46. The molecule has 2 rings (SSSR count). The van der Waals surface area contributed by atoms with E-state index in [0.717, 1.165) is 11.5 Å². The summed E-state index contributed by atoms with van der Waals surface area (Å²) in [5, 5.41) is 0.949. The minimum Gasteiger partial charge on any atom is -0.301 e. The molecule has 0 radical (unpaired) electrons.